The molecule has 2 aliphatic carbocycles. The Morgan fingerprint density at radius 3 is 2.60 bits per heavy atom. The van der Waals surface area contributed by atoms with Crippen LogP contribution in [-0.4, -0.2) is 11.1 Å². The van der Waals surface area contributed by atoms with Crippen LogP contribution in [0.4, 0.5) is 0 Å². The van der Waals surface area contributed by atoms with Gasteiger partial charge in [-0.1, -0.05) is 50.9 Å². The highest BCUT2D eigenvalue weighted by Crippen LogP contribution is 2.47. The molecule has 2 atom stereocenters. The standard InChI is InChI=1S/C22H30ClNO/c1-5-14(3)22(16-8-7-9-16)18(6-2)19-12-21(23)24-13-20(19)15(4)25-17-10-11-17/h6,12-14,16-17,22H,4-5,7-11H2,1-3H3/b18-6+. The minimum absolute atomic E-state index is 0.335. The fraction of sp³-hybridized carbons (Fsp3) is 0.591. The Hall–Kier alpha value is -1.28. The molecule has 0 aliphatic heterocycles. The van der Waals surface area contributed by atoms with Gasteiger partial charge in [0.15, 0.2) is 0 Å². The minimum Gasteiger partial charge on any atom is -0.490 e. The quantitative estimate of drug-likeness (QED) is 0.378. The van der Waals surface area contributed by atoms with Crippen molar-refractivity contribution in [2.24, 2.45) is 17.8 Å². The summed E-state index contributed by atoms with van der Waals surface area (Å²) in [4.78, 5) is 4.31. The van der Waals surface area contributed by atoms with E-state index in [4.69, 9.17) is 16.3 Å². The lowest BCUT2D eigenvalue weighted by atomic mass is 9.66. The highest BCUT2D eigenvalue weighted by molar-refractivity contribution is 6.29. The topological polar surface area (TPSA) is 22.1 Å². The number of allylic oxidation sites excluding steroid dienone is 2. The van der Waals surface area contributed by atoms with E-state index in [-0.39, 0.29) is 0 Å². The van der Waals surface area contributed by atoms with Crippen LogP contribution in [0.2, 0.25) is 5.15 Å². The summed E-state index contributed by atoms with van der Waals surface area (Å²) in [6, 6.07) is 2.00. The van der Waals surface area contributed by atoms with Crippen molar-refractivity contribution in [1.29, 1.82) is 0 Å². The fourth-order valence-corrected chi connectivity index (χ4v) is 4.10. The first kappa shape index (κ1) is 18.5. The summed E-state index contributed by atoms with van der Waals surface area (Å²) in [7, 11) is 0. The first-order valence-corrected chi connectivity index (χ1v) is 10.1. The third kappa shape index (κ3) is 4.11. The Labute approximate surface area is 157 Å². The van der Waals surface area contributed by atoms with E-state index >= 15 is 0 Å². The highest BCUT2D eigenvalue weighted by atomic mass is 35.5. The molecule has 136 valence electrons. The molecule has 0 aromatic carbocycles. The molecule has 2 fully saturated rings. The van der Waals surface area contributed by atoms with Crippen molar-refractivity contribution in [1.82, 2.24) is 4.98 Å². The van der Waals surface area contributed by atoms with Crippen molar-refractivity contribution < 1.29 is 4.74 Å². The molecule has 3 rings (SSSR count). The number of nitrogens with zero attached hydrogens (tertiary/aromatic N) is 1. The third-order valence-electron chi connectivity index (χ3n) is 5.90. The summed E-state index contributed by atoms with van der Waals surface area (Å²) in [6.07, 6.45) is 11.9. The van der Waals surface area contributed by atoms with Crippen LogP contribution in [0.15, 0.2) is 24.9 Å². The van der Waals surface area contributed by atoms with Crippen LogP contribution in [0.3, 0.4) is 0 Å². The molecule has 2 aliphatic rings. The van der Waals surface area contributed by atoms with Gasteiger partial charge in [0, 0.05) is 11.8 Å². The number of rotatable bonds is 8. The lowest BCUT2D eigenvalue weighted by Crippen LogP contribution is -2.28. The van der Waals surface area contributed by atoms with Crippen LogP contribution in [0.5, 0.6) is 0 Å². The van der Waals surface area contributed by atoms with Crippen LogP contribution in [0.25, 0.3) is 11.3 Å². The van der Waals surface area contributed by atoms with Crippen molar-refractivity contribution in [3.8, 4) is 0 Å². The van der Waals surface area contributed by atoms with E-state index in [1.54, 1.807) is 0 Å². The summed E-state index contributed by atoms with van der Waals surface area (Å²) >= 11 is 6.28. The maximum atomic E-state index is 6.28. The second-order valence-corrected chi connectivity index (χ2v) is 8.03. The largest absolute Gasteiger partial charge is 0.490 e. The van der Waals surface area contributed by atoms with Gasteiger partial charge in [0.25, 0.3) is 0 Å². The van der Waals surface area contributed by atoms with Gasteiger partial charge in [0.1, 0.15) is 10.9 Å². The number of ether oxygens (including phenoxy) is 1. The molecule has 2 saturated carbocycles. The van der Waals surface area contributed by atoms with E-state index in [0.717, 1.165) is 35.6 Å². The van der Waals surface area contributed by atoms with Crippen molar-refractivity contribution in [3.05, 3.63) is 41.2 Å². The van der Waals surface area contributed by atoms with E-state index in [0.29, 0.717) is 23.1 Å². The predicted molar refractivity (Wildman–Crippen MR) is 106 cm³/mol. The monoisotopic (exact) mass is 359 g/mol. The Morgan fingerprint density at radius 2 is 2.08 bits per heavy atom. The summed E-state index contributed by atoms with van der Waals surface area (Å²) in [6.45, 7) is 11.0. The van der Waals surface area contributed by atoms with Gasteiger partial charge in [-0.25, -0.2) is 4.98 Å². The zero-order chi connectivity index (χ0) is 18.0. The van der Waals surface area contributed by atoms with Crippen molar-refractivity contribution in [2.45, 2.75) is 65.4 Å². The number of halogens is 1. The zero-order valence-corrected chi connectivity index (χ0v) is 16.5. The number of hydrogen-bond acceptors (Lipinski definition) is 2. The van der Waals surface area contributed by atoms with Gasteiger partial charge < -0.3 is 4.74 Å². The molecule has 1 aromatic heterocycles. The van der Waals surface area contributed by atoms with Gasteiger partial charge in [-0.3, -0.25) is 0 Å². The van der Waals surface area contributed by atoms with Gasteiger partial charge in [-0.05, 0) is 67.6 Å². The Bertz CT molecular complexity index is 653. The maximum Gasteiger partial charge on any atom is 0.129 e. The molecule has 0 bridgehead atoms. The molecule has 2 nitrogen and oxygen atoms in total. The Kier molecular flexibility index (Phi) is 5.89. The fourth-order valence-electron chi connectivity index (χ4n) is 3.95. The number of pyridine rings is 1. The smallest absolute Gasteiger partial charge is 0.129 e. The van der Waals surface area contributed by atoms with Crippen LogP contribution < -0.4 is 0 Å². The van der Waals surface area contributed by atoms with E-state index in [1.807, 2.05) is 12.3 Å². The average Bonchev–Trinajstić information content (AvgIpc) is 3.36. The number of hydrogen-bond donors (Lipinski definition) is 0. The lowest BCUT2D eigenvalue weighted by Gasteiger charge is -2.39. The van der Waals surface area contributed by atoms with Crippen LogP contribution in [0, 0.1) is 17.8 Å². The van der Waals surface area contributed by atoms with Crippen LogP contribution >= 0.6 is 11.6 Å². The van der Waals surface area contributed by atoms with Crippen LogP contribution in [0.1, 0.15) is 70.4 Å². The second kappa shape index (κ2) is 7.95. The summed E-state index contributed by atoms with van der Waals surface area (Å²) in [5.41, 5.74) is 3.54. The molecule has 0 amide bonds. The lowest BCUT2D eigenvalue weighted by molar-refractivity contribution is 0.196. The Morgan fingerprint density at radius 1 is 1.36 bits per heavy atom. The molecule has 2 unspecified atom stereocenters. The van der Waals surface area contributed by atoms with Gasteiger partial charge in [-0.2, -0.15) is 0 Å². The van der Waals surface area contributed by atoms with Crippen molar-refractivity contribution in [2.75, 3.05) is 0 Å². The minimum atomic E-state index is 0.335. The molecule has 0 saturated heterocycles. The van der Waals surface area contributed by atoms with Crippen molar-refractivity contribution >= 4 is 22.9 Å². The SMILES string of the molecule is C=C(OC1CC1)c1cnc(Cl)cc1/C(=C\C)C(C(C)CC)C1CCC1. The zero-order valence-electron chi connectivity index (χ0n) is 15.7. The van der Waals surface area contributed by atoms with Gasteiger partial charge >= 0.3 is 0 Å². The molecule has 0 radical (unpaired) electrons. The Balaban J connectivity index is 1.98. The molecule has 0 N–H and O–H groups in total. The predicted octanol–water partition coefficient (Wildman–Crippen LogP) is 6.75. The van der Waals surface area contributed by atoms with Gasteiger partial charge in [-0.15, -0.1) is 0 Å². The van der Waals surface area contributed by atoms with E-state index in [9.17, 15) is 0 Å². The first-order chi connectivity index (χ1) is 12.0. The summed E-state index contributed by atoms with van der Waals surface area (Å²) in [5, 5.41) is 0.536. The van der Waals surface area contributed by atoms with E-state index in [1.165, 1.54) is 31.3 Å². The molecular formula is C22H30ClNO. The first-order valence-electron chi connectivity index (χ1n) is 9.73. The van der Waals surface area contributed by atoms with Crippen molar-refractivity contribution in [3.63, 3.8) is 0 Å². The molecule has 0 spiro atoms. The second-order valence-electron chi connectivity index (χ2n) is 7.64. The van der Waals surface area contributed by atoms with E-state index in [2.05, 4.69) is 38.4 Å². The summed E-state index contributed by atoms with van der Waals surface area (Å²) in [5.74, 6) is 2.72. The summed E-state index contributed by atoms with van der Waals surface area (Å²) < 4.78 is 5.99. The molecule has 1 heterocycles. The molecule has 25 heavy (non-hydrogen) atoms. The number of aromatic nitrogens is 1. The van der Waals surface area contributed by atoms with Gasteiger partial charge in [0.2, 0.25) is 0 Å². The van der Waals surface area contributed by atoms with Gasteiger partial charge in [0.05, 0.1) is 6.10 Å². The van der Waals surface area contributed by atoms with E-state index < -0.39 is 0 Å². The molecular weight excluding hydrogens is 330 g/mol. The van der Waals surface area contributed by atoms with Crippen LogP contribution in [-0.2, 0) is 4.74 Å². The maximum absolute atomic E-state index is 6.28. The average molecular weight is 360 g/mol. The molecule has 3 heteroatoms. The molecule has 1 aromatic rings. The normalized spacial score (nSPS) is 20.7. The highest BCUT2D eigenvalue weighted by Gasteiger charge is 2.34. The third-order valence-corrected chi connectivity index (χ3v) is 6.11.